The summed E-state index contributed by atoms with van der Waals surface area (Å²) in [5.74, 6) is 0. The van der Waals surface area contributed by atoms with E-state index in [0.29, 0.717) is 11.7 Å². The van der Waals surface area contributed by atoms with Crippen LogP contribution in [0.4, 0.5) is 0 Å². The Balaban J connectivity index is 2.60. The normalized spacial score (nSPS) is 12.1. The highest BCUT2D eigenvalue weighted by Gasteiger charge is 2.03. The van der Waals surface area contributed by atoms with Gasteiger partial charge >= 0.3 is 0 Å². The van der Waals surface area contributed by atoms with Gasteiger partial charge in [0.25, 0.3) is 0 Å². The van der Waals surface area contributed by atoms with Crippen molar-refractivity contribution in [2.75, 3.05) is 6.54 Å². The van der Waals surface area contributed by atoms with Crippen molar-refractivity contribution in [1.29, 1.82) is 0 Å². The van der Waals surface area contributed by atoms with E-state index in [1.54, 1.807) is 0 Å². The summed E-state index contributed by atoms with van der Waals surface area (Å²) in [7, 11) is 0. The molecule has 0 spiro atoms. The molecule has 0 saturated carbocycles. The number of aromatic nitrogens is 1. The molecule has 0 aliphatic heterocycles. The third kappa shape index (κ3) is 2.65. The standard InChI is InChI=1S/C14H15ClN2/c1-9-3-4-11-7-12(5-10(2)8-16)14(15)17-13(11)6-9/h3-7H,8,16H2,1-2H3. The molecule has 2 rings (SSSR count). The van der Waals surface area contributed by atoms with Gasteiger partial charge in [-0.1, -0.05) is 35.4 Å². The molecule has 0 unspecified atom stereocenters. The molecule has 88 valence electrons. The van der Waals surface area contributed by atoms with Crippen molar-refractivity contribution in [2.45, 2.75) is 13.8 Å². The number of fused-ring (bicyclic) bond motifs is 1. The fourth-order valence-electron chi connectivity index (χ4n) is 1.70. The molecule has 0 saturated heterocycles. The van der Waals surface area contributed by atoms with Crippen molar-refractivity contribution in [2.24, 2.45) is 5.73 Å². The van der Waals surface area contributed by atoms with E-state index in [4.69, 9.17) is 17.3 Å². The van der Waals surface area contributed by atoms with Crippen LogP contribution in [0.3, 0.4) is 0 Å². The molecule has 0 aliphatic carbocycles. The number of nitrogens with two attached hydrogens (primary N) is 1. The van der Waals surface area contributed by atoms with Crippen molar-refractivity contribution in [3.63, 3.8) is 0 Å². The predicted octanol–water partition coefficient (Wildman–Crippen LogP) is 3.56. The van der Waals surface area contributed by atoms with E-state index < -0.39 is 0 Å². The Labute approximate surface area is 106 Å². The fourth-order valence-corrected chi connectivity index (χ4v) is 1.90. The molecule has 2 nitrogen and oxygen atoms in total. The second-order valence-electron chi connectivity index (χ2n) is 4.26. The first kappa shape index (κ1) is 12.1. The maximum absolute atomic E-state index is 6.16. The average molecular weight is 247 g/mol. The first-order valence-corrected chi connectivity index (χ1v) is 5.92. The van der Waals surface area contributed by atoms with Gasteiger partial charge in [0.1, 0.15) is 5.15 Å². The van der Waals surface area contributed by atoms with Crippen molar-refractivity contribution in [3.8, 4) is 0 Å². The van der Waals surface area contributed by atoms with Crippen molar-refractivity contribution in [3.05, 3.63) is 46.1 Å². The van der Waals surface area contributed by atoms with Crippen LogP contribution in [0.1, 0.15) is 18.1 Å². The Bertz CT molecular complexity index is 588. The zero-order valence-corrected chi connectivity index (χ0v) is 10.8. The minimum Gasteiger partial charge on any atom is -0.327 e. The van der Waals surface area contributed by atoms with Gasteiger partial charge < -0.3 is 5.73 Å². The molecule has 1 heterocycles. The molecule has 0 aliphatic rings. The van der Waals surface area contributed by atoms with Gasteiger partial charge in [0.05, 0.1) is 5.52 Å². The molecule has 2 aromatic rings. The van der Waals surface area contributed by atoms with E-state index in [2.05, 4.69) is 17.1 Å². The van der Waals surface area contributed by atoms with Gasteiger partial charge in [0, 0.05) is 17.5 Å². The second-order valence-corrected chi connectivity index (χ2v) is 4.62. The maximum Gasteiger partial charge on any atom is 0.136 e. The lowest BCUT2D eigenvalue weighted by Crippen LogP contribution is -1.99. The lowest BCUT2D eigenvalue weighted by molar-refractivity contribution is 1.15. The lowest BCUT2D eigenvalue weighted by atomic mass is 10.1. The highest BCUT2D eigenvalue weighted by molar-refractivity contribution is 6.31. The average Bonchev–Trinajstić information content (AvgIpc) is 2.30. The Kier molecular flexibility index (Phi) is 3.46. The summed E-state index contributed by atoms with van der Waals surface area (Å²) in [6.45, 7) is 4.55. The van der Waals surface area contributed by atoms with Crippen molar-refractivity contribution >= 4 is 28.6 Å². The van der Waals surface area contributed by atoms with Crippen LogP contribution in [0.2, 0.25) is 5.15 Å². The van der Waals surface area contributed by atoms with Gasteiger partial charge in [0.15, 0.2) is 0 Å². The third-order valence-corrected chi connectivity index (χ3v) is 2.98. The first-order valence-electron chi connectivity index (χ1n) is 5.54. The number of pyridine rings is 1. The van der Waals surface area contributed by atoms with Crippen molar-refractivity contribution in [1.82, 2.24) is 4.98 Å². The molecule has 0 atom stereocenters. The lowest BCUT2D eigenvalue weighted by Gasteiger charge is -2.04. The van der Waals surface area contributed by atoms with Crippen LogP contribution < -0.4 is 5.73 Å². The molecule has 3 heteroatoms. The molecule has 0 fully saturated rings. The van der Waals surface area contributed by atoms with Gasteiger partial charge in [-0.15, -0.1) is 0 Å². The van der Waals surface area contributed by atoms with E-state index in [0.717, 1.165) is 22.0 Å². The molecule has 2 N–H and O–H groups in total. The van der Waals surface area contributed by atoms with Crippen LogP contribution in [0.25, 0.3) is 17.0 Å². The highest BCUT2D eigenvalue weighted by atomic mass is 35.5. The summed E-state index contributed by atoms with van der Waals surface area (Å²) in [6.07, 6.45) is 1.98. The van der Waals surface area contributed by atoms with E-state index in [1.807, 2.05) is 32.1 Å². The van der Waals surface area contributed by atoms with Gasteiger partial charge in [-0.25, -0.2) is 4.98 Å². The molecule has 0 bridgehead atoms. The minimum atomic E-state index is 0.524. The number of hydrogen-bond donors (Lipinski definition) is 1. The number of aryl methyl sites for hydroxylation is 1. The Morgan fingerprint density at radius 1 is 1.41 bits per heavy atom. The molecule has 0 amide bonds. The first-order chi connectivity index (χ1) is 8.10. The maximum atomic E-state index is 6.16. The predicted molar refractivity (Wildman–Crippen MR) is 74.2 cm³/mol. The van der Waals surface area contributed by atoms with E-state index in [-0.39, 0.29) is 0 Å². The van der Waals surface area contributed by atoms with Crippen LogP contribution in [-0.4, -0.2) is 11.5 Å². The monoisotopic (exact) mass is 246 g/mol. The summed E-state index contributed by atoms with van der Waals surface area (Å²) in [5, 5.41) is 1.62. The molecule has 1 aromatic carbocycles. The number of benzene rings is 1. The van der Waals surface area contributed by atoms with Crippen LogP contribution in [0.5, 0.6) is 0 Å². The summed E-state index contributed by atoms with van der Waals surface area (Å²) in [5.41, 5.74) is 9.69. The Morgan fingerprint density at radius 3 is 2.88 bits per heavy atom. The number of halogens is 1. The van der Waals surface area contributed by atoms with E-state index in [1.165, 1.54) is 5.56 Å². The van der Waals surface area contributed by atoms with Gasteiger partial charge in [-0.2, -0.15) is 0 Å². The Morgan fingerprint density at radius 2 is 2.18 bits per heavy atom. The van der Waals surface area contributed by atoms with E-state index in [9.17, 15) is 0 Å². The van der Waals surface area contributed by atoms with Crippen LogP contribution in [0.15, 0.2) is 29.8 Å². The number of rotatable bonds is 2. The molecule has 1 aromatic heterocycles. The summed E-state index contributed by atoms with van der Waals surface area (Å²) >= 11 is 6.16. The summed E-state index contributed by atoms with van der Waals surface area (Å²) < 4.78 is 0. The van der Waals surface area contributed by atoms with Gasteiger partial charge in [-0.3, -0.25) is 0 Å². The zero-order chi connectivity index (χ0) is 12.4. The fraction of sp³-hybridized carbons (Fsp3) is 0.214. The van der Waals surface area contributed by atoms with Gasteiger partial charge in [0.2, 0.25) is 0 Å². The summed E-state index contributed by atoms with van der Waals surface area (Å²) in [4.78, 5) is 4.40. The summed E-state index contributed by atoms with van der Waals surface area (Å²) in [6, 6.07) is 8.21. The molecule has 0 radical (unpaired) electrons. The SMILES string of the molecule is CC(=Cc1cc2ccc(C)cc2nc1Cl)CN. The van der Waals surface area contributed by atoms with Crippen LogP contribution in [-0.2, 0) is 0 Å². The minimum absolute atomic E-state index is 0.524. The number of nitrogens with zero attached hydrogens (tertiary/aromatic N) is 1. The number of hydrogen-bond acceptors (Lipinski definition) is 2. The van der Waals surface area contributed by atoms with E-state index >= 15 is 0 Å². The van der Waals surface area contributed by atoms with Crippen LogP contribution >= 0.6 is 11.6 Å². The molecule has 17 heavy (non-hydrogen) atoms. The molecular formula is C14H15ClN2. The zero-order valence-electron chi connectivity index (χ0n) is 10.00. The highest BCUT2D eigenvalue weighted by Crippen LogP contribution is 2.23. The van der Waals surface area contributed by atoms with Crippen molar-refractivity contribution < 1.29 is 0 Å². The molecular weight excluding hydrogens is 232 g/mol. The topological polar surface area (TPSA) is 38.9 Å². The Hall–Kier alpha value is -1.38. The van der Waals surface area contributed by atoms with Gasteiger partial charge in [-0.05, 0) is 31.5 Å². The second kappa shape index (κ2) is 4.86. The quantitative estimate of drug-likeness (QED) is 0.823. The third-order valence-electron chi connectivity index (χ3n) is 2.68. The smallest absolute Gasteiger partial charge is 0.136 e. The van der Waals surface area contributed by atoms with Crippen LogP contribution in [0, 0.1) is 6.92 Å². The largest absolute Gasteiger partial charge is 0.327 e.